The second-order valence-electron chi connectivity index (χ2n) is 5.24. The quantitative estimate of drug-likeness (QED) is 0.458. The molecule has 2 N–H and O–H groups in total. The average Bonchev–Trinajstić information content (AvgIpc) is 2.46. The molecule has 0 spiro atoms. The van der Waals surface area contributed by atoms with Gasteiger partial charge in [-0.25, -0.2) is 0 Å². The van der Waals surface area contributed by atoms with Crippen LogP contribution in [0.3, 0.4) is 0 Å². The first kappa shape index (κ1) is 16.3. The molecule has 112 valence electrons. The maximum absolute atomic E-state index is 5.22. The molecule has 0 saturated carbocycles. The number of methoxy groups -OCH3 is 1. The molecule has 0 aliphatic rings. The van der Waals surface area contributed by atoms with Crippen molar-refractivity contribution in [3.63, 3.8) is 0 Å². The van der Waals surface area contributed by atoms with Crippen LogP contribution in [0.25, 0.3) is 0 Å². The summed E-state index contributed by atoms with van der Waals surface area (Å²) in [5.74, 6) is 2.48. The first-order valence-electron chi connectivity index (χ1n) is 7.23. The van der Waals surface area contributed by atoms with Crippen molar-refractivity contribution in [2.45, 2.75) is 33.2 Å². The van der Waals surface area contributed by atoms with E-state index in [4.69, 9.17) is 4.74 Å². The summed E-state index contributed by atoms with van der Waals surface area (Å²) in [5.41, 5.74) is 1.18. The van der Waals surface area contributed by atoms with Crippen molar-refractivity contribution in [3.05, 3.63) is 29.8 Å². The molecule has 0 heterocycles. The Morgan fingerprint density at radius 3 is 2.75 bits per heavy atom. The molecule has 0 saturated heterocycles. The number of hydrogen-bond donors (Lipinski definition) is 2. The number of hydrogen-bond acceptors (Lipinski definition) is 2. The van der Waals surface area contributed by atoms with E-state index in [2.05, 4.69) is 35.5 Å². The van der Waals surface area contributed by atoms with Gasteiger partial charge in [0.1, 0.15) is 5.75 Å². The van der Waals surface area contributed by atoms with Crippen molar-refractivity contribution < 1.29 is 4.74 Å². The van der Waals surface area contributed by atoms with Crippen LogP contribution in [0.2, 0.25) is 0 Å². The molecule has 0 fully saturated rings. The number of guanidine groups is 1. The van der Waals surface area contributed by atoms with Crippen LogP contribution in [0.4, 0.5) is 0 Å². The van der Waals surface area contributed by atoms with E-state index in [1.54, 1.807) is 14.2 Å². The van der Waals surface area contributed by atoms with Gasteiger partial charge in [-0.2, -0.15) is 0 Å². The van der Waals surface area contributed by atoms with Crippen LogP contribution in [-0.2, 0) is 6.54 Å². The topological polar surface area (TPSA) is 45.7 Å². The number of rotatable bonds is 7. The smallest absolute Gasteiger partial charge is 0.191 e. The predicted octanol–water partition coefficient (Wildman–Crippen LogP) is 2.80. The monoisotopic (exact) mass is 277 g/mol. The molecule has 1 rings (SSSR count). The van der Waals surface area contributed by atoms with E-state index in [1.165, 1.54) is 12.0 Å². The molecule has 1 aromatic carbocycles. The molecular weight excluding hydrogens is 250 g/mol. The van der Waals surface area contributed by atoms with Crippen LogP contribution in [-0.4, -0.2) is 26.7 Å². The van der Waals surface area contributed by atoms with Crippen molar-refractivity contribution in [2.75, 3.05) is 20.7 Å². The number of nitrogens with zero attached hydrogens (tertiary/aromatic N) is 1. The summed E-state index contributed by atoms with van der Waals surface area (Å²) in [6.07, 6.45) is 2.40. The molecule has 0 aliphatic carbocycles. The van der Waals surface area contributed by atoms with E-state index in [1.807, 2.05) is 18.2 Å². The third kappa shape index (κ3) is 6.45. The first-order chi connectivity index (χ1) is 9.65. The van der Waals surface area contributed by atoms with Crippen LogP contribution >= 0.6 is 0 Å². The molecule has 4 nitrogen and oxygen atoms in total. The highest BCUT2D eigenvalue weighted by atomic mass is 16.5. The van der Waals surface area contributed by atoms with E-state index in [9.17, 15) is 0 Å². The van der Waals surface area contributed by atoms with Gasteiger partial charge in [0.2, 0.25) is 0 Å². The zero-order valence-corrected chi connectivity index (χ0v) is 13.1. The molecule has 0 atom stereocenters. The van der Waals surface area contributed by atoms with Gasteiger partial charge in [-0.1, -0.05) is 26.0 Å². The van der Waals surface area contributed by atoms with Gasteiger partial charge in [0.25, 0.3) is 0 Å². The summed E-state index contributed by atoms with van der Waals surface area (Å²) in [6.45, 7) is 6.18. The third-order valence-corrected chi connectivity index (χ3v) is 3.07. The van der Waals surface area contributed by atoms with Crippen LogP contribution in [0, 0.1) is 5.92 Å². The second-order valence-corrected chi connectivity index (χ2v) is 5.24. The van der Waals surface area contributed by atoms with E-state index < -0.39 is 0 Å². The fraction of sp³-hybridized carbons (Fsp3) is 0.562. The van der Waals surface area contributed by atoms with Gasteiger partial charge in [0, 0.05) is 20.1 Å². The number of nitrogens with one attached hydrogen (secondary N) is 2. The summed E-state index contributed by atoms with van der Waals surface area (Å²) >= 11 is 0. The Kier molecular flexibility index (Phi) is 7.55. The Labute approximate surface area is 122 Å². The minimum absolute atomic E-state index is 0.737. The zero-order valence-electron chi connectivity index (χ0n) is 13.1. The lowest BCUT2D eigenvalue weighted by molar-refractivity contribution is 0.414. The van der Waals surface area contributed by atoms with Crippen molar-refractivity contribution in [1.82, 2.24) is 10.6 Å². The lowest BCUT2D eigenvalue weighted by atomic mass is 10.1. The summed E-state index contributed by atoms with van der Waals surface area (Å²) in [7, 11) is 3.48. The molecule has 0 radical (unpaired) electrons. The van der Waals surface area contributed by atoms with E-state index in [0.29, 0.717) is 0 Å². The predicted molar refractivity (Wildman–Crippen MR) is 85.3 cm³/mol. The van der Waals surface area contributed by atoms with Crippen molar-refractivity contribution in [1.29, 1.82) is 0 Å². The zero-order chi connectivity index (χ0) is 14.8. The Hall–Kier alpha value is -1.71. The molecule has 20 heavy (non-hydrogen) atoms. The molecular formula is C16H27N3O. The second kappa shape index (κ2) is 9.23. The summed E-state index contributed by atoms with van der Waals surface area (Å²) in [5, 5.41) is 6.64. The minimum atomic E-state index is 0.737. The minimum Gasteiger partial charge on any atom is -0.497 e. The molecule has 1 aromatic rings. The molecule has 0 unspecified atom stereocenters. The first-order valence-corrected chi connectivity index (χ1v) is 7.23. The SMILES string of the molecule is CN=C(NCCCC(C)C)NCc1cccc(OC)c1. The van der Waals surface area contributed by atoms with Gasteiger partial charge in [-0.05, 0) is 36.5 Å². The molecule has 0 aromatic heterocycles. The number of aliphatic imine (C=N–C) groups is 1. The standard InChI is InChI=1S/C16H27N3O/c1-13(2)7-6-10-18-16(17-3)19-12-14-8-5-9-15(11-14)20-4/h5,8-9,11,13H,6-7,10,12H2,1-4H3,(H2,17,18,19). The van der Waals surface area contributed by atoms with Gasteiger partial charge < -0.3 is 15.4 Å². The number of benzene rings is 1. The van der Waals surface area contributed by atoms with Crippen LogP contribution in [0.1, 0.15) is 32.3 Å². The Morgan fingerprint density at radius 1 is 1.30 bits per heavy atom. The molecule has 0 bridgehead atoms. The van der Waals surface area contributed by atoms with Crippen LogP contribution in [0.5, 0.6) is 5.75 Å². The van der Waals surface area contributed by atoms with Gasteiger partial charge in [0.15, 0.2) is 5.96 Å². The summed E-state index contributed by atoms with van der Waals surface area (Å²) in [4.78, 5) is 4.23. The van der Waals surface area contributed by atoms with Crippen molar-refractivity contribution in [2.24, 2.45) is 10.9 Å². The number of ether oxygens (including phenoxy) is 1. The lowest BCUT2D eigenvalue weighted by Gasteiger charge is -2.13. The molecule has 4 heteroatoms. The Balaban J connectivity index is 2.33. The van der Waals surface area contributed by atoms with Crippen molar-refractivity contribution >= 4 is 5.96 Å². The Morgan fingerprint density at radius 2 is 2.10 bits per heavy atom. The summed E-state index contributed by atoms with van der Waals surface area (Å²) < 4.78 is 5.22. The van der Waals surface area contributed by atoms with Gasteiger partial charge in [-0.15, -0.1) is 0 Å². The van der Waals surface area contributed by atoms with Gasteiger partial charge in [0.05, 0.1) is 7.11 Å². The molecule has 0 aliphatic heterocycles. The third-order valence-electron chi connectivity index (χ3n) is 3.07. The maximum Gasteiger partial charge on any atom is 0.191 e. The highest BCUT2D eigenvalue weighted by Gasteiger charge is 2.00. The van der Waals surface area contributed by atoms with Crippen LogP contribution in [0.15, 0.2) is 29.3 Å². The highest BCUT2D eigenvalue weighted by Crippen LogP contribution is 2.12. The van der Waals surface area contributed by atoms with E-state index in [-0.39, 0.29) is 0 Å². The van der Waals surface area contributed by atoms with Crippen molar-refractivity contribution in [3.8, 4) is 5.75 Å². The average molecular weight is 277 g/mol. The highest BCUT2D eigenvalue weighted by molar-refractivity contribution is 5.79. The fourth-order valence-electron chi connectivity index (χ4n) is 1.91. The van der Waals surface area contributed by atoms with Gasteiger partial charge in [-0.3, -0.25) is 4.99 Å². The van der Waals surface area contributed by atoms with Gasteiger partial charge >= 0.3 is 0 Å². The van der Waals surface area contributed by atoms with Crippen LogP contribution < -0.4 is 15.4 Å². The molecule has 0 amide bonds. The maximum atomic E-state index is 5.22. The summed E-state index contributed by atoms with van der Waals surface area (Å²) in [6, 6.07) is 8.04. The lowest BCUT2D eigenvalue weighted by Crippen LogP contribution is -2.37. The Bertz CT molecular complexity index is 416. The normalized spacial score (nSPS) is 11.6. The van der Waals surface area contributed by atoms with E-state index in [0.717, 1.165) is 37.1 Å². The fourth-order valence-corrected chi connectivity index (χ4v) is 1.91. The largest absolute Gasteiger partial charge is 0.497 e. The van der Waals surface area contributed by atoms with E-state index >= 15 is 0 Å².